The van der Waals surface area contributed by atoms with E-state index >= 15 is 0 Å². The van der Waals surface area contributed by atoms with Gasteiger partial charge in [-0.25, -0.2) is 4.98 Å². The van der Waals surface area contributed by atoms with Crippen molar-refractivity contribution < 1.29 is 9.53 Å². The molecule has 1 atom stereocenters. The Morgan fingerprint density at radius 2 is 2.03 bits per heavy atom. The van der Waals surface area contributed by atoms with Crippen LogP contribution in [0.4, 0.5) is 0 Å². The molecule has 1 unspecified atom stereocenters. The summed E-state index contributed by atoms with van der Waals surface area (Å²) in [5.74, 6) is 0.902. The summed E-state index contributed by atoms with van der Waals surface area (Å²) in [6, 6.07) is 17.7. The average Bonchev–Trinajstić information content (AvgIpc) is 3.48. The third-order valence-corrected chi connectivity index (χ3v) is 7.70. The Balaban J connectivity index is 1.35. The molecule has 1 aliphatic carbocycles. The minimum atomic E-state index is -0.0848. The summed E-state index contributed by atoms with van der Waals surface area (Å²) in [6.45, 7) is 0.379. The number of thioether (sulfide) groups is 1. The number of amides is 1. The number of nitrogens with one attached hydrogen (secondary N) is 1. The number of thiophene rings is 1. The number of hydrogen-bond donors (Lipinski definition) is 1. The number of ether oxygens (including phenoxy) is 1. The highest BCUT2D eigenvalue weighted by atomic mass is 32.2. The van der Waals surface area contributed by atoms with E-state index < -0.39 is 0 Å². The van der Waals surface area contributed by atoms with Crippen molar-refractivity contribution in [2.45, 2.75) is 30.6 Å². The first-order chi connectivity index (χ1) is 16.1. The fourth-order valence-corrected chi connectivity index (χ4v) is 5.75. The van der Waals surface area contributed by atoms with Gasteiger partial charge in [0.25, 0.3) is 5.56 Å². The molecule has 0 bridgehead atoms. The maximum atomic E-state index is 13.2. The molecule has 5 rings (SSSR count). The Morgan fingerprint density at radius 1 is 1.21 bits per heavy atom. The van der Waals surface area contributed by atoms with Crippen LogP contribution in [0.2, 0.25) is 0 Å². The lowest BCUT2D eigenvalue weighted by Gasteiger charge is -2.15. The van der Waals surface area contributed by atoms with Crippen molar-refractivity contribution in [3.8, 4) is 5.75 Å². The van der Waals surface area contributed by atoms with Crippen LogP contribution in [0.15, 0.2) is 69.9 Å². The molecule has 0 saturated heterocycles. The molecule has 0 saturated carbocycles. The Kier molecular flexibility index (Phi) is 6.20. The highest BCUT2D eigenvalue weighted by molar-refractivity contribution is 7.99. The van der Waals surface area contributed by atoms with Gasteiger partial charge in [0, 0.05) is 0 Å². The van der Waals surface area contributed by atoms with Crippen LogP contribution >= 0.6 is 23.1 Å². The van der Waals surface area contributed by atoms with E-state index in [4.69, 9.17) is 9.72 Å². The molecule has 6 nitrogen and oxygen atoms in total. The number of rotatable bonds is 7. The van der Waals surface area contributed by atoms with E-state index in [0.717, 1.165) is 24.2 Å². The van der Waals surface area contributed by atoms with Gasteiger partial charge in [0.15, 0.2) is 5.16 Å². The number of carbonyl (C=O) groups is 1. The van der Waals surface area contributed by atoms with Gasteiger partial charge >= 0.3 is 0 Å². The number of benzene rings is 2. The molecule has 8 heteroatoms. The monoisotopic (exact) mass is 477 g/mol. The number of aromatic nitrogens is 2. The molecule has 1 aliphatic rings. The number of fused-ring (bicyclic) bond motifs is 2. The Hall–Kier alpha value is -3.10. The lowest BCUT2D eigenvalue weighted by Crippen LogP contribution is -2.29. The molecule has 0 spiro atoms. The van der Waals surface area contributed by atoms with Crippen molar-refractivity contribution >= 4 is 39.2 Å². The molecule has 1 N–H and O–H groups in total. The van der Waals surface area contributed by atoms with E-state index in [-0.39, 0.29) is 23.3 Å². The quantitative estimate of drug-likeness (QED) is 0.315. The molecule has 2 aromatic carbocycles. The van der Waals surface area contributed by atoms with Crippen LogP contribution in [0.3, 0.4) is 0 Å². The van der Waals surface area contributed by atoms with E-state index in [1.807, 2.05) is 47.8 Å². The number of carbonyl (C=O) groups excluding carboxylic acids is 1. The van der Waals surface area contributed by atoms with Crippen LogP contribution in [0.25, 0.3) is 10.2 Å². The zero-order chi connectivity index (χ0) is 22.8. The second-order valence-electron chi connectivity index (χ2n) is 7.91. The SMILES string of the molecule is COc1ccc(Cn2c(SCC(=O)NC3CCc4ccccc43)nc3ccsc3c2=O)cc1. The molecular weight excluding hydrogens is 454 g/mol. The van der Waals surface area contributed by atoms with Gasteiger partial charge in [-0.1, -0.05) is 48.2 Å². The smallest absolute Gasteiger partial charge is 0.272 e. The van der Waals surface area contributed by atoms with Gasteiger partial charge in [-0.05, 0) is 53.1 Å². The summed E-state index contributed by atoms with van der Waals surface area (Å²) >= 11 is 2.69. The molecule has 168 valence electrons. The summed E-state index contributed by atoms with van der Waals surface area (Å²) in [7, 11) is 1.62. The topological polar surface area (TPSA) is 73.2 Å². The predicted molar refractivity (Wildman–Crippen MR) is 132 cm³/mol. The lowest BCUT2D eigenvalue weighted by atomic mass is 10.1. The van der Waals surface area contributed by atoms with Crippen molar-refractivity contribution in [3.05, 3.63) is 87.0 Å². The van der Waals surface area contributed by atoms with Crippen molar-refractivity contribution in [3.63, 3.8) is 0 Å². The summed E-state index contributed by atoms with van der Waals surface area (Å²) in [6.07, 6.45) is 1.89. The van der Waals surface area contributed by atoms with Gasteiger partial charge < -0.3 is 10.1 Å². The van der Waals surface area contributed by atoms with E-state index in [1.54, 1.807) is 11.7 Å². The van der Waals surface area contributed by atoms with Crippen LogP contribution in [-0.4, -0.2) is 28.3 Å². The van der Waals surface area contributed by atoms with E-state index in [2.05, 4.69) is 17.4 Å². The Morgan fingerprint density at radius 3 is 2.85 bits per heavy atom. The summed E-state index contributed by atoms with van der Waals surface area (Å²) < 4.78 is 7.51. The highest BCUT2D eigenvalue weighted by Gasteiger charge is 2.23. The molecule has 0 aliphatic heterocycles. The van der Waals surface area contributed by atoms with E-state index in [9.17, 15) is 9.59 Å². The molecule has 0 fully saturated rings. The normalized spacial score (nSPS) is 14.9. The summed E-state index contributed by atoms with van der Waals surface area (Å²) in [4.78, 5) is 30.7. The number of aryl methyl sites for hydroxylation is 1. The fourth-order valence-electron chi connectivity index (χ4n) is 4.16. The van der Waals surface area contributed by atoms with Crippen molar-refractivity contribution in [2.75, 3.05) is 12.9 Å². The lowest BCUT2D eigenvalue weighted by molar-refractivity contribution is -0.119. The Bertz CT molecular complexity index is 1360. The molecule has 33 heavy (non-hydrogen) atoms. The minimum Gasteiger partial charge on any atom is -0.497 e. The number of methoxy groups -OCH3 is 1. The Labute approximate surface area is 199 Å². The first kappa shape index (κ1) is 21.7. The maximum absolute atomic E-state index is 13.2. The number of nitrogens with zero attached hydrogens (tertiary/aromatic N) is 2. The molecule has 2 heterocycles. The largest absolute Gasteiger partial charge is 0.497 e. The van der Waals surface area contributed by atoms with Gasteiger partial charge in [-0.15, -0.1) is 11.3 Å². The van der Waals surface area contributed by atoms with Gasteiger partial charge in [-0.2, -0.15) is 0 Å². The van der Waals surface area contributed by atoms with Crippen molar-refractivity contribution in [2.24, 2.45) is 0 Å². The van der Waals surface area contributed by atoms with Gasteiger partial charge in [-0.3, -0.25) is 14.2 Å². The third-order valence-electron chi connectivity index (χ3n) is 5.83. The first-order valence-corrected chi connectivity index (χ1v) is 12.6. The zero-order valence-corrected chi connectivity index (χ0v) is 19.7. The van der Waals surface area contributed by atoms with Gasteiger partial charge in [0.2, 0.25) is 5.91 Å². The number of hydrogen-bond acceptors (Lipinski definition) is 6. The zero-order valence-electron chi connectivity index (χ0n) is 18.1. The highest BCUT2D eigenvalue weighted by Crippen LogP contribution is 2.31. The second-order valence-corrected chi connectivity index (χ2v) is 9.77. The third kappa shape index (κ3) is 4.54. The van der Waals surface area contributed by atoms with Crippen LogP contribution in [0.5, 0.6) is 5.75 Å². The molecule has 1 amide bonds. The second kappa shape index (κ2) is 9.41. The summed E-state index contributed by atoms with van der Waals surface area (Å²) in [5, 5.41) is 5.56. The fraction of sp³-hybridized carbons (Fsp3) is 0.240. The molecular formula is C25H23N3O3S2. The van der Waals surface area contributed by atoms with Crippen LogP contribution in [0.1, 0.15) is 29.2 Å². The van der Waals surface area contributed by atoms with Gasteiger partial charge in [0.05, 0.1) is 31.0 Å². The maximum Gasteiger partial charge on any atom is 0.272 e. The van der Waals surface area contributed by atoms with Crippen molar-refractivity contribution in [1.29, 1.82) is 0 Å². The van der Waals surface area contributed by atoms with Crippen LogP contribution in [0, 0.1) is 0 Å². The van der Waals surface area contributed by atoms with Gasteiger partial charge in [0.1, 0.15) is 10.4 Å². The van der Waals surface area contributed by atoms with Crippen molar-refractivity contribution in [1.82, 2.24) is 14.9 Å². The van der Waals surface area contributed by atoms with E-state index in [0.29, 0.717) is 21.9 Å². The average molecular weight is 478 g/mol. The van der Waals surface area contributed by atoms with Crippen LogP contribution < -0.4 is 15.6 Å². The standard InChI is InChI=1S/C25H23N3O3S2/c1-31-18-9-6-16(7-10-18)14-28-24(30)23-21(12-13-32-23)27-25(28)33-15-22(29)26-20-11-8-17-4-2-3-5-19(17)20/h2-7,9-10,12-13,20H,8,11,14-15H2,1H3,(H,26,29). The minimum absolute atomic E-state index is 0.0445. The molecule has 4 aromatic rings. The summed E-state index contributed by atoms with van der Waals surface area (Å²) in [5.41, 5.74) is 4.05. The first-order valence-electron chi connectivity index (χ1n) is 10.7. The predicted octanol–water partition coefficient (Wildman–Crippen LogP) is 4.41. The van der Waals surface area contributed by atoms with E-state index in [1.165, 1.54) is 34.2 Å². The molecule has 2 aromatic heterocycles. The van der Waals surface area contributed by atoms with Crippen LogP contribution in [-0.2, 0) is 17.8 Å². The molecule has 0 radical (unpaired) electrons.